The molecule has 2 N–H and O–H groups in total. The highest BCUT2D eigenvalue weighted by atomic mass is 16.3. The molecule has 0 aromatic carbocycles. The second-order valence-electron chi connectivity index (χ2n) is 3.69. The van der Waals surface area contributed by atoms with Crippen molar-refractivity contribution in [3.63, 3.8) is 0 Å². The van der Waals surface area contributed by atoms with Crippen LogP contribution in [0.25, 0.3) is 10.4 Å². The third kappa shape index (κ3) is 1.64. The standard InChI is InChI=1S/C7H11N7O/c8-12-11-7(3-1-2-4-7)5(15)6-9-13-14-10-6/h5,15H,1-4H2,(H,9,10,13,14). The smallest absolute Gasteiger partial charge is 0.178 e. The number of hydrogen-bond acceptors (Lipinski definition) is 5. The molecule has 2 rings (SSSR count). The SMILES string of the molecule is [N-]=[N+]=NC1(C(O)c2nnn[nH]2)CCCC1. The summed E-state index contributed by atoms with van der Waals surface area (Å²) in [5.74, 6) is 0.254. The van der Waals surface area contributed by atoms with Crippen molar-refractivity contribution < 1.29 is 5.11 Å². The van der Waals surface area contributed by atoms with E-state index in [2.05, 4.69) is 30.7 Å². The summed E-state index contributed by atoms with van der Waals surface area (Å²) in [5, 5.41) is 26.7. The number of tetrazole rings is 1. The van der Waals surface area contributed by atoms with E-state index >= 15 is 0 Å². The fraction of sp³-hybridized carbons (Fsp3) is 0.857. The summed E-state index contributed by atoms with van der Waals surface area (Å²) >= 11 is 0. The summed E-state index contributed by atoms with van der Waals surface area (Å²) in [6.45, 7) is 0. The Kier molecular flexibility index (Phi) is 2.53. The molecule has 1 fully saturated rings. The number of H-pyrrole nitrogens is 1. The van der Waals surface area contributed by atoms with E-state index in [4.69, 9.17) is 5.53 Å². The van der Waals surface area contributed by atoms with Gasteiger partial charge in [-0.1, -0.05) is 18.0 Å². The molecule has 0 amide bonds. The van der Waals surface area contributed by atoms with Crippen LogP contribution in [0.2, 0.25) is 0 Å². The lowest BCUT2D eigenvalue weighted by atomic mass is 9.91. The molecule has 0 aliphatic heterocycles. The molecule has 1 atom stereocenters. The van der Waals surface area contributed by atoms with E-state index in [-0.39, 0.29) is 5.82 Å². The maximum absolute atomic E-state index is 10.1. The number of nitrogens with zero attached hydrogens (tertiary/aromatic N) is 6. The number of aromatic amines is 1. The molecule has 1 aliphatic rings. The van der Waals surface area contributed by atoms with Gasteiger partial charge in [0.05, 0.1) is 5.54 Å². The summed E-state index contributed by atoms with van der Waals surface area (Å²) in [6.07, 6.45) is 2.26. The van der Waals surface area contributed by atoms with Gasteiger partial charge in [-0.25, -0.2) is 5.10 Å². The Balaban J connectivity index is 2.29. The fourth-order valence-electron chi connectivity index (χ4n) is 2.04. The molecular weight excluding hydrogens is 198 g/mol. The van der Waals surface area contributed by atoms with Gasteiger partial charge in [0.15, 0.2) is 5.82 Å². The molecule has 15 heavy (non-hydrogen) atoms. The number of rotatable bonds is 3. The summed E-state index contributed by atoms with van der Waals surface area (Å²) in [5.41, 5.74) is 7.74. The molecule has 0 bridgehead atoms. The maximum atomic E-state index is 10.1. The minimum atomic E-state index is -0.953. The van der Waals surface area contributed by atoms with Crippen LogP contribution in [0, 0.1) is 0 Å². The average molecular weight is 209 g/mol. The molecule has 80 valence electrons. The van der Waals surface area contributed by atoms with E-state index in [1.54, 1.807) is 0 Å². The van der Waals surface area contributed by atoms with Crippen molar-refractivity contribution >= 4 is 0 Å². The molecule has 1 aliphatic carbocycles. The van der Waals surface area contributed by atoms with E-state index in [1.165, 1.54) is 0 Å². The third-order valence-corrected chi connectivity index (χ3v) is 2.84. The quantitative estimate of drug-likeness (QED) is 0.435. The van der Waals surface area contributed by atoms with Gasteiger partial charge in [-0.15, -0.1) is 5.10 Å². The van der Waals surface area contributed by atoms with E-state index in [0.717, 1.165) is 12.8 Å². The van der Waals surface area contributed by atoms with Gasteiger partial charge < -0.3 is 5.11 Å². The molecule has 1 aromatic rings. The van der Waals surface area contributed by atoms with Crippen LogP contribution in [-0.2, 0) is 0 Å². The van der Waals surface area contributed by atoms with Crippen molar-refractivity contribution in [1.82, 2.24) is 20.6 Å². The first kappa shape index (κ1) is 9.88. The van der Waals surface area contributed by atoms with Crippen molar-refractivity contribution in [2.75, 3.05) is 0 Å². The van der Waals surface area contributed by atoms with Crippen LogP contribution in [0.1, 0.15) is 37.6 Å². The highest BCUT2D eigenvalue weighted by molar-refractivity contribution is 5.05. The second kappa shape index (κ2) is 3.84. The first-order valence-corrected chi connectivity index (χ1v) is 4.76. The van der Waals surface area contributed by atoms with Crippen molar-refractivity contribution in [1.29, 1.82) is 0 Å². The minimum Gasteiger partial charge on any atom is -0.384 e. The monoisotopic (exact) mass is 209 g/mol. The Morgan fingerprint density at radius 2 is 2.27 bits per heavy atom. The third-order valence-electron chi connectivity index (χ3n) is 2.84. The summed E-state index contributed by atoms with van der Waals surface area (Å²) in [4.78, 5) is 2.80. The van der Waals surface area contributed by atoms with Crippen LogP contribution in [0.4, 0.5) is 0 Å². The molecule has 0 spiro atoms. The van der Waals surface area contributed by atoms with E-state index < -0.39 is 11.6 Å². The number of hydrogen-bond donors (Lipinski definition) is 2. The van der Waals surface area contributed by atoms with Crippen molar-refractivity contribution in [3.05, 3.63) is 16.3 Å². The lowest BCUT2D eigenvalue weighted by molar-refractivity contribution is 0.0794. The number of aliphatic hydroxyl groups excluding tert-OH is 1. The summed E-state index contributed by atoms with van der Waals surface area (Å²) in [6, 6.07) is 0. The molecule has 8 heteroatoms. The number of nitrogens with one attached hydrogen (secondary N) is 1. The average Bonchev–Trinajstić information content (AvgIpc) is 2.88. The van der Waals surface area contributed by atoms with Gasteiger partial charge in [-0.05, 0) is 28.8 Å². The Morgan fingerprint density at radius 1 is 1.53 bits per heavy atom. The van der Waals surface area contributed by atoms with Crippen molar-refractivity contribution in [2.45, 2.75) is 37.3 Å². The van der Waals surface area contributed by atoms with Gasteiger partial charge >= 0.3 is 0 Å². The Hall–Kier alpha value is -1.66. The van der Waals surface area contributed by atoms with Crippen LogP contribution < -0.4 is 0 Å². The second-order valence-corrected chi connectivity index (χ2v) is 3.69. The predicted octanol–water partition coefficient (Wildman–Crippen LogP) is 0.856. The zero-order chi connectivity index (χ0) is 10.7. The highest BCUT2D eigenvalue weighted by Crippen LogP contribution is 2.42. The first-order chi connectivity index (χ1) is 7.28. The summed E-state index contributed by atoms with van der Waals surface area (Å²) < 4.78 is 0. The van der Waals surface area contributed by atoms with Gasteiger partial charge in [-0.3, -0.25) is 0 Å². The van der Waals surface area contributed by atoms with Crippen LogP contribution in [0.3, 0.4) is 0 Å². The zero-order valence-corrected chi connectivity index (χ0v) is 8.04. The van der Waals surface area contributed by atoms with Crippen LogP contribution in [0.15, 0.2) is 5.11 Å². The van der Waals surface area contributed by atoms with E-state index in [1.807, 2.05) is 0 Å². The Bertz CT molecular complexity index is 363. The Labute approximate surface area is 85.3 Å². The summed E-state index contributed by atoms with van der Waals surface area (Å²) in [7, 11) is 0. The lowest BCUT2D eigenvalue weighted by Crippen LogP contribution is -2.31. The predicted molar refractivity (Wildman–Crippen MR) is 49.5 cm³/mol. The largest absolute Gasteiger partial charge is 0.384 e. The zero-order valence-electron chi connectivity index (χ0n) is 8.04. The number of aliphatic hydroxyl groups is 1. The maximum Gasteiger partial charge on any atom is 0.178 e. The highest BCUT2D eigenvalue weighted by Gasteiger charge is 2.42. The van der Waals surface area contributed by atoms with Crippen molar-refractivity contribution in [3.8, 4) is 0 Å². The van der Waals surface area contributed by atoms with Crippen LogP contribution in [0.5, 0.6) is 0 Å². The lowest BCUT2D eigenvalue weighted by Gasteiger charge is -2.26. The molecule has 1 heterocycles. The topological polar surface area (TPSA) is 123 Å². The normalized spacial score (nSPS) is 20.9. The van der Waals surface area contributed by atoms with Gasteiger partial charge in [0.2, 0.25) is 0 Å². The van der Waals surface area contributed by atoms with Gasteiger partial charge in [0.1, 0.15) is 6.10 Å². The van der Waals surface area contributed by atoms with Gasteiger partial charge in [-0.2, -0.15) is 0 Å². The molecule has 0 saturated heterocycles. The van der Waals surface area contributed by atoms with Crippen LogP contribution >= 0.6 is 0 Å². The van der Waals surface area contributed by atoms with Gasteiger partial charge in [0.25, 0.3) is 0 Å². The molecule has 1 saturated carbocycles. The molecule has 1 aromatic heterocycles. The molecule has 8 nitrogen and oxygen atoms in total. The molecule has 1 unspecified atom stereocenters. The number of aromatic nitrogens is 4. The molecular formula is C7H11N7O. The van der Waals surface area contributed by atoms with Gasteiger partial charge in [0, 0.05) is 4.91 Å². The van der Waals surface area contributed by atoms with E-state index in [0.29, 0.717) is 12.8 Å². The number of azide groups is 1. The molecule has 0 radical (unpaired) electrons. The fourth-order valence-corrected chi connectivity index (χ4v) is 2.04. The van der Waals surface area contributed by atoms with Crippen LogP contribution in [-0.4, -0.2) is 31.3 Å². The van der Waals surface area contributed by atoms with Crippen molar-refractivity contribution in [2.24, 2.45) is 5.11 Å². The first-order valence-electron chi connectivity index (χ1n) is 4.76. The minimum absolute atomic E-state index is 0.254. The Morgan fingerprint density at radius 3 is 2.80 bits per heavy atom. The van der Waals surface area contributed by atoms with E-state index in [9.17, 15) is 5.11 Å².